The molecular formula is C14H18. The topological polar surface area (TPSA) is 0 Å². The Kier molecular flexibility index (Phi) is 6.13. The van der Waals surface area contributed by atoms with Gasteiger partial charge in [0.2, 0.25) is 0 Å². The van der Waals surface area contributed by atoms with E-state index >= 15 is 0 Å². The van der Waals surface area contributed by atoms with E-state index in [0.29, 0.717) is 0 Å². The number of allylic oxidation sites excluding steroid dienone is 9. The van der Waals surface area contributed by atoms with Gasteiger partial charge in [0.1, 0.15) is 0 Å². The first-order valence-corrected chi connectivity index (χ1v) is 4.58. The first-order valence-electron chi connectivity index (χ1n) is 4.58. The normalized spacial score (nSPS) is 13.0. The molecule has 0 heteroatoms. The molecule has 0 atom stereocenters. The van der Waals surface area contributed by atoms with E-state index in [0.717, 1.165) is 11.1 Å². The molecule has 0 aromatic carbocycles. The van der Waals surface area contributed by atoms with Crippen molar-refractivity contribution in [1.82, 2.24) is 0 Å². The van der Waals surface area contributed by atoms with Crippen LogP contribution in [0.2, 0.25) is 0 Å². The van der Waals surface area contributed by atoms with E-state index in [-0.39, 0.29) is 0 Å². The molecule has 0 bridgehead atoms. The monoisotopic (exact) mass is 186 g/mol. The minimum atomic E-state index is 1.05. The first kappa shape index (κ1) is 12.4. The van der Waals surface area contributed by atoms with E-state index in [1.54, 1.807) is 12.2 Å². The molecule has 0 amide bonds. The van der Waals surface area contributed by atoms with E-state index in [1.807, 2.05) is 31.2 Å². The van der Waals surface area contributed by atoms with Gasteiger partial charge in [-0.2, -0.15) is 0 Å². The molecule has 0 fully saturated rings. The van der Waals surface area contributed by atoms with E-state index in [2.05, 4.69) is 26.7 Å². The molecule has 0 saturated heterocycles. The summed E-state index contributed by atoms with van der Waals surface area (Å²) in [4.78, 5) is 0. The van der Waals surface area contributed by atoms with Crippen LogP contribution in [0.5, 0.6) is 0 Å². The van der Waals surface area contributed by atoms with E-state index in [1.165, 1.54) is 5.57 Å². The van der Waals surface area contributed by atoms with Crippen LogP contribution in [0.15, 0.2) is 72.9 Å². The minimum Gasteiger partial charge on any atom is -0.0991 e. The third kappa shape index (κ3) is 4.46. The molecule has 0 unspecified atom stereocenters. The van der Waals surface area contributed by atoms with Gasteiger partial charge >= 0.3 is 0 Å². The number of hydrogen-bond acceptors (Lipinski definition) is 0. The lowest BCUT2D eigenvalue weighted by molar-refractivity contribution is 1.36. The maximum absolute atomic E-state index is 3.93. The van der Waals surface area contributed by atoms with Gasteiger partial charge in [0.25, 0.3) is 0 Å². The molecule has 0 aliphatic rings. The zero-order valence-electron chi connectivity index (χ0n) is 9.09. The summed E-state index contributed by atoms with van der Waals surface area (Å²) in [5, 5.41) is 0. The van der Waals surface area contributed by atoms with Gasteiger partial charge in [0.05, 0.1) is 0 Å². The van der Waals surface area contributed by atoms with Gasteiger partial charge in [-0.15, -0.1) is 0 Å². The largest absolute Gasteiger partial charge is 0.0991 e. The van der Waals surface area contributed by atoms with Gasteiger partial charge in [-0.3, -0.25) is 0 Å². The van der Waals surface area contributed by atoms with Gasteiger partial charge in [-0.1, -0.05) is 61.8 Å². The Morgan fingerprint density at radius 1 is 0.929 bits per heavy atom. The molecule has 0 aliphatic carbocycles. The molecule has 74 valence electrons. The second-order valence-electron chi connectivity index (χ2n) is 3.07. The van der Waals surface area contributed by atoms with E-state index in [9.17, 15) is 0 Å². The summed E-state index contributed by atoms with van der Waals surface area (Å²) in [5.41, 5.74) is 3.37. The molecule has 0 radical (unpaired) electrons. The Bertz CT molecular complexity index is 309. The third-order valence-electron chi connectivity index (χ3n) is 1.77. The summed E-state index contributed by atoms with van der Waals surface area (Å²) in [6.07, 6.45) is 11.4. The van der Waals surface area contributed by atoms with Crippen LogP contribution in [-0.4, -0.2) is 0 Å². The molecule has 0 heterocycles. The molecule has 0 spiro atoms. The van der Waals surface area contributed by atoms with Crippen LogP contribution in [0.25, 0.3) is 0 Å². The molecule has 0 aliphatic heterocycles. The average Bonchev–Trinajstić information content (AvgIpc) is 2.14. The third-order valence-corrected chi connectivity index (χ3v) is 1.77. The molecule has 0 nitrogen and oxygen atoms in total. The quantitative estimate of drug-likeness (QED) is 0.559. The summed E-state index contributed by atoms with van der Waals surface area (Å²) in [5.74, 6) is 0. The fourth-order valence-corrected chi connectivity index (χ4v) is 1.08. The first-order chi connectivity index (χ1) is 6.63. The molecule has 0 rings (SSSR count). The van der Waals surface area contributed by atoms with Gasteiger partial charge in [-0.05, 0) is 25.0 Å². The standard InChI is InChI=1S/C14H18/c1-6-8-10-13(5)14(12(3)4)11-9-7-2/h6-11H,1-3H2,4-5H3/b10-8-,11-9-,14-13-. The summed E-state index contributed by atoms with van der Waals surface area (Å²) >= 11 is 0. The zero-order chi connectivity index (χ0) is 11.0. The van der Waals surface area contributed by atoms with Crippen LogP contribution in [0.3, 0.4) is 0 Å². The lowest BCUT2D eigenvalue weighted by atomic mass is 10.0. The highest BCUT2D eigenvalue weighted by Gasteiger charge is 1.95. The summed E-state index contributed by atoms with van der Waals surface area (Å²) in [6, 6.07) is 0. The van der Waals surface area contributed by atoms with Crippen molar-refractivity contribution in [2.24, 2.45) is 0 Å². The van der Waals surface area contributed by atoms with Crippen molar-refractivity contribution in [2.45, 2.75) is 13.8 Å². The smallest absolute Gasteiger partial charge is 0.0204 e. The summed E-state index contributed by atoms with van der Waals surface area (Å²) in [7, 11) is 0. The van der Waals surface area contributed by atoms with Crippen molar-refractivity contribution < 1.29 is 0 Å². The predicted octanol–water partition coefficient (Wildman–Crippen LogP) is 4.36. The van der Waals surface area contributed by atoms with E-state index in [4.69, 9.17) is 0 Å². The van der Waals surface area contributed by atoms with E-state index < -0.39 is 0 Å². The van der Waals surface area contributed by atoms with Crippen molar-refractivity contribution in [3.8, 4) is 0 Å². The van der Waals surface area contributed by atoms with Gasteiger partial charge in [-0.25, -0.2) is 0 Å². The lowest BCUT2D eigenvalue weighted by Crippen LogP contribution is -1.83. The van der Waals surface area contributed by atoms with Gasteiger partial charge in [0, 0.05) is 0 Å². The maximum atomic E-state index is 3.93. The Morgan fingerprint density at radius 3 is 1.86 bits per heavy atom. The second kappa shape index (κ2) is 6.90. The SMILES string of the molecule is C=C\C=C/C(C)=C(/C=C\C=C)C(=C)C. The van der Waals surface area contributed by atoms with Gasteiger partial charge in [0.15, 0.2) is 0 Å². The maximum Gasteiger partial charge on any atom is -0.0204 e. The van der Waals surface area contributed by atoms with Crippen LogP contribution in [0.1, 0.15) is 13.8 Å². The Balaban J connectivity index is 5.03. The fraction of sp³-hybridized carbons (Fsp3) is 0.143. The van der Waals surface area contributed by atoms with Crippen LogP contribution in [0, 0.1) is 0 Å². The predicted molar refractivity (Wildman–Crippen MR) is 66.2 cm³/mol. The zero-order valence-corrected chi connectivity index (χ0v) is 9.09. The number of rotatable bonds is 5. The van der Waals surface area contributed by atoms with Crippen LogP contribution in [-0.2, 0) is 0 Å². The lowest BCUT2D eigenvalue weighted by Gasteiger charge is -2.03. The van der Waals surface area contributed by atoms with Crippen molar-refractivity contribution in [2.75, 3.05) is 0 Å². The summed E-state index contributed by atoms with van der Waals surface area (Å²) < 4.78 is 0. The Labute approximate surface area is 87.3 Å². The molecular weight excluding hydrogens is 168 g/mol. The van der Waals surface area contributed by atoms with Crippen molar-refractivity contribution in [3.05, 3.63) is 72.9 Å². The Morgan fingerprint density at radius 2 is 1.43 bits per heavy atom. The molecule has 0 saturated carbocycles. The Hall–Kier alpha value is -1.56. The number of hydrogen-bond donors (Lipinski definition) is 0. The second-order valence-corrected chi connectivity index (χ2v) is 3.07. The van der Waals surface area contributed by atoms with Crippen molar-refractivity contribution >= 4 is 0 Å². The highest BCUT2D eigenvalue weighted by atomic mass is 14.0. The highest BCUT2D eigenvalue weighted by Crippen LogP contribution is 2.15. The molecule has 0 aromatic rings. The van der Waals surface area contributed by atoms with Crippen LogP contribution < -0.4 is 0 Å². The van der Waals surface area contributed by atoms with Crippen LogP contribution in [0.4, 0.5) is 0 Å². The average molecular weight is 186 g/mol. The highest BCUT2D eigenvalue weighted by molar-refractivity contribution is 5.45. The van der Waals surface area contributed by atoms with Gasteiger partial charge < -0.3 is 0 Å². The van der Waals surface area contributed by atoms with Crippen molar-refractivity contribution in [1.29, 1.82) is 0 Å². The fourth-order valence-electron chi connectivity index (χ4n) is 1.08. The van der Waals surface area contributed by atoms with Crippen LogP contribution >= 0.6 is 0 Å². The molecule has 0 N–H and O–H groups in total. The van der Waals surface area contributed by atoms with Crippen molar-refractivity contribution in [3.63, 3.8) is 0 Å². The molecule has 0 aromatic heterocycles. The minimum absolute atomic E-state index is 1.05. The summed E-state index contributed by atoms with van der Waals surface area (Å²) in [6.45, 7) is 15.3. The molecule has 14 heavy (non-hydrogen) atoms.